The van der Waals surface area contributed by atoms with E-state index in [1.807, 2.05) is 35.2 Å². The molecule has 3 nitrogen and oxygen atoms in total. The largest absolute Gasteiger partial charge is 0.399 e. The smallest absolute Gasteiger partial charge is 0.223 e. The number of anilines is 1. The molecule has 1 unspecified atom stereocenters. The van der Waals surface area contributed by atoms with Crippen molar-refractivity contribution in [3.05, 3.63) is 65.7 Å². The van der Waals surface area contributed by atoms with Gasteiger partial charge in [0.05, 0.1) is 0 Å². The van der Waals surface area contributed by atoms with E-state index in [1.165, 1.54) is 5.56 Å². The summed E-state index contributed by atoms with van der Waals surface area (Å²) in [5, 5.41) is 0. The van der Waals surface area contributed by atoms with Gasteiger partial charge in [-0.1, -0.05) is 55.5 Å². The Kier molecular flexibility index (Phi) is 9.07. The standard InChI is InChI=1S/C21H28N2O.ClH/c1-3-19(16-17-10-6-5-7-11-17)23(4-2)21(24)15-14-18-12-8-9-13-20(18)22;/h5-13,19H,3-4,14-16,22H2,1-2H3;1H. The third-order valence-electron chi connectivity index (χ3n) is 4.55. The highest BCUT2D eigenvalue weighted by atomic mass is 35.5. The van der Waals surface area contributed by atoms with Crippen LogP contribution in [0.25, 0.3) is 0 Å². The van der Waals surface area contributed by atoms with Gasteiger partial charge in [-0.3, -0.25) is 4.79 Å². The van der Waals surface area contributed by atoms with Gasteiger partial charge in [0, 0.05) is 24.7 Å². The summed E-state index contributed by atoms with van der Waals surface area (Å²) in [6.45, 7) is 4.95. The highest BCUT2D eigenvalue weighted by Crippen LogP contribution is 2.17. The Hall–Kier alpha value is -2.00. The Morgan fingerprint density at radius 1 is 1.04 bits per heavy atom. The van der Waals surface area contributed by atoms with E-state index in [2.05, 4.69) is 38.1 Å². The molecule has 1 atom stereocenters. The number of carbonyl (C=O) groups is 1. The second-order valence-corrected chi connectivity index (χ2v) is 6.13. The average molecular weight is 361 g/mol. The van der Waals surface area contributed by atoms with Crippen LogP contribution in [-0.4, -0.2) is 23.4 Å². The van der Waals surface area contributed by atoms with E-state index in [9.17, 15) is 4.79 Å². The van der Waals surface area contributed by atoms with Crippen molar-refractivity contribution in [3.8, 4) is 0 Å². The lowest BCUT2D eigenvalue weighted by molar-refractivity contribution is -0.133. The van der Waals surface area contributed by atoms with Crippen LogP contribution in [0.4, 0.5) is 5.69 Å². The summed E-state index contributed by atoms with van der Waals surface area (Å²) in [5.41, 5.74) is 9.08. The van der Waals surface area contributed by atoms with Crippen molar-refractivity contribution in [1.29, 1.82) is 0 Å². The van der Waals surface area contributed by atoms with E-state index in [4.69, 9.17) is 5.73 Å². The molecule has 2 aromatic rings. The Balaban J connectivity index is 0.00000312. The van der Waals surface area contributed by atoms with E-state index >= 15 is 0 Å². The maximum Gasteiger partial charge on any atom is 0.223 e. The molecule has 0 radical (unpaired) electrons. The third-order valence-corrected chi connectivity index (χ3v) is 4.55. The molecule has 0 heterocycles. The zero-order valence-corrected chi connectivity index (χ0v) is 16.0. The minimum atomic E-state index is 0. The minimum Gasteiger partial charge on any atom is -0.399 e. The van der Waals surface area contributed by atoms with Gasteiger partial charge in [-0.05, 0) is 43.4 Å². The number of benzene rings is 2. The third kappa shape index (κ3) is 6.09. The number of nitrogens with two attached hydrogens (primary N) is 1. The lowest BCUT2D eigenvalue weighted by Crippen LogP contribution is -2.41. The van der Waals surface area contributed by atoms with Crippen molar-refractivity contribution in [3.63, 3.8) is 0 Å². The average Bonchev–Trinajstić information content (AvgIpc) is 2.61. The quantitative estimate of drug-likeness (QED) is 0.705. The molecule has 0 aliphatic heterocycles. The predicted octanol–water partition coefficient (Wildman–Crippen LogP) is 4.49. The molecule has 0 aromatic heterocycles. The molecule has 2 rings (SSSR count). The second kappa shape index (κ2) is 10.8. The number of amides is 1. The zero-order chi connectivity index (χ0) is 17.4. The zero-order valence-electron chi connectivity index (χ0n) is 15.2. The van der Waals surface area contributed by atoms with Gasteiger partial charge in [-0.25, -0.2) is 0 Å². The van der Waals surface area contributed by atoms with Crippen molar-refractivity contribution in [2.45, 2.75) is 45.6 Å². The monoisotopic (exact) mass is 360 g/mol. The molecular weight excluding hydrogens is 332 g/mol. The molecule has 2 N–H and O–H groups in total. The number of nitrogens with zero attached hydrogens (tertiary/aromatic N) is 1. The summed E-state index contributed by atoms with van der Waals surface area (Å²) < 4.78 is 0. The molecule has 4 heteroatoms. The molecule has 136 valence electrons. The van der Waals surface area contributed by atoms with Crippen LogP contribution in [0.1, 0.15) is 37.8 Å². The first-order valence-corrected chi connectivity index (χ1v) is 8.82. The number of halogens is 1. The number of nitrogen functional groups attached to an aromatic ring is 1. The van der Waals surface area contributed by atoms with E-state index in [0.717, 1.165) is 30.6 Å². The van der Waals surface area contributed by atoms with Crippen molar-refractivity contribution in [2.24, 2.45) is 0 Å². The molecule has 0 spiro atoms. The number of para-hydroxylation sites is 1. The van der Waals surface area contributed by atoms with Crippen LogP contribution in [0.15, 0.2) is 54.6 Å². The lowest BCUT2D eigenvalue weighted by Gasteiger charge is -2.30. The molecule has 0 bridgehead atoms. The van der Waals surface area contributed by atoms with Gasteiger partial charge in [0.2, 0.25) is 5.91 Å². The SMILES string of the molecule is CCC(Cc1ccccc1)N(CC)C(=O)CCc1ccccc1N.Cl. The summed E-state index contributed by atoms with van der Waals surface area (Å²) >= 11 is 0. The Bertz CT molecular complexity index is 645. The Labute approximate surface area is 157 Å². The van der Waals surface area contributed by atoms with Crippen LogP contribution >= 0.6 is 12.4 Å². The minimum absolute atomic E-state index is 0. The van der Waals surface area contributed by atoms with Crippen LogP contribution in [0.2, 0.25) is 0 Å². The number of hydrogen-bond acceptors (Lipinski definition) is 2. The summed E-state index contributed by atoms with van der Waals surface area (Å²) in [4.78, 5) is 14.8. The van der Waals surface area contributed by atoms with Crippen LogP contribution in [-0.2, 0) is 17.6 Å². The highest BCUT2D eigenvalue weighted by Gasteiger charge is 2.21. The number of hydrogen-bond donors (Lipinski definition) is 1. The Morgan fingerprint density at radius 2 is 1.68 bits per heavy atom. The predicted molar refractivity (Wildman–Crippen MR) is 108 cm³/mol. The normalized spacial score (nSPS) is 11.4. The molecule has 2 aromatic carbocycles. The van der Waals surface area contributed by atoms with Gasteiger partial charge in [0.1, 0.15) is 0 Å². The van der Waals surface area contributed by atoms with E-state index in [1.54, 1.807) is 0 Å². The van der Waals surface area contributed by atoms with Gasteiger partial charge in [0.25, 0.3) is 0 Å². The molecule has 0 aliphatic carbocycles. The number of carbonyl (C=O) groups excluding carboxylic acids is 1. The van der Waals surface area contributed by atoms with Gasteiger partial charge in [-0.15, -0.1) is 12.4 Å². The van der Waals surface area contributed by atoms with Crippen LogP contribution in [0.5, 0.6) is 0 Å². The first kappa shape index (κ1) is 21.0. The number of aryl methyl sites for hydroxylation is 1. The fourth-order valence-electron chi connectivity index (χ4n) is 3.15. The van der Waals surface area contributed by atoms with Crippen molar-refractivity contribution >= 4 is 24.0 Å². The topological polar surface area (TPSA) is 46.3 Å². The van der Waals surface area contributed by atoms with Crippen LogP contribution in [0, 0.1) is 0 Å². The lowest BCUT2D eigenvalue weighted by atomic mass is 10.0. The fraction of sp³-hybridized carbons (Fsp3) is 0.381. The molecule has 0 saturated carbocycles. The molecule has 1 amide bonds. The van der Waals surface area contributed by atoms with Crippen molar-refractivity contribution in [1.82, 2.24) is 4.90 Å². The Morgan fingerprint density at radius 3 is 2.28 bits per heavy atom. The fourth-order valence-corrected chi connectivity index (χ4v) is 3.15. The van der Waals surface area contributed by atoms with Gasteiger partial charge in [-0.2, -0.15) is 0 Å². The first-order valence-electron chi connectivity index (χ1n) is 8.82. The maximum absolute atomic E-state index is 12.7. The van der Waals surface area contributed by atoms with E-state index < -0.39 is 0 Å². The number of likely N-dealkylation sites (N-methyl/N-ethyl adjacent to an activating group) is 1. The van der Waals surface area contributed by atoms with Crippen molar-refractivity contribution < 1.29 is 4.79 Å². The first-order chi connectivity index (χ1) is 11.7. The van der Waals surface area contributed by atoms with Gasteiger partial charge < -0.3 is 10.6 Å². The van der Waals surface area contributed by atoms with E-state index in [-0.39, 0.29) is 24.4 Å². The molecule has 0 saturated heterocycles. The van der Waals surface area contributed by atoms with E-state index in [0.29, 0.717) is 12.8 Å². The van der Waals surface area contributed by atoms with Crippen LogP contribution in [0.3, 0.4) is 0 Å². The maximum atomic E-state index is 12.7. The summed E-state index contributed by atoms with van der Waals surface area (Å²) in [6, 6.07) is 18.4. The molecule has 0 aliphatic rings. The molecular formula is C21H29ClN2O. The van der Waals surface area contributed by atoms with Gasteiger partial charge >= 0.3 is 0 Å². The number of rotatable bonds is 8. The molecule has 25 heavy (non-hydrogen) atoms. The molecule has 0 fully saturated rings. The van der Waals surface area contributed by atoms with Gasteiger partial charge in [0.15, 0.2) is 0 Å². The summed E-state index contributed by atoms with van der Waals surface area (Å²) in [5.74, 6) is 0.212. The summed E-state index contributed by atoms with van der Waals surface area (Å²) in [7, 11) is 0. The summed E-state index contributed by atoms with van der Waals surface area (Å²) in [6.07, 6.45) is 3.07. The van der Waals surface area contributed by atoms with Crippen molar-refractivity contribution in [2.75, 3.05) is 12.3 Å². The highest BCUT2D eigenvalue weighted by molar-refractivity contribution is 5.85. The second-order valence-electron chi connectivity index (χ2n) is 6.13. The van der Waals surface area contributed by atoms with Crippen LogP contribution < -0.4 is 5.73 Å².